The summed E-state index contributed by atoms with van der Waals surface area (Å²) in [7, 11) is 0. The topological polar surface area (TPSA) is 49.5 Å². The van der Waals surface area contributed by atoms with E-state index in [-0.39, 0.29) is 6.61 Å². The van der Waals surface area contributed by atoms with Crippen molar-refractivity contribution in [3.8, 4) is 11.5 Å². The quantitative estimate of drug-likeness (QED) is 0.757. The first kappa shape index (κ1) is 14.4. The molecule has 0 radical (unpaired) electrons. The van der Waals surface area contributed by atoms with E-state index in [0.717, 1.165) is 16.9 Å². The van der Waals surface area contributed by atoms with Crippen molar-refractivity contribution in [1.29, 1.82) is 0 Å². The van der Waals surface area contributed by atoms with Gasteiger partial charge in [-0.2, -0.15) is 0 Å². The van der Waals surface area contributed by atoms with Gasteiger partial charge in [-0.1, -0.05) is 36.4 Å². The standard InChI is InChI=1S/C18H18N2O2/c21-12-11-20(17-9-5-2-6-10-17)13-16-14-22-18(19-16)15-7-3-1-4-8-15/h1-10,14,21H,11-13H2. The summed E-state index contributed by atoms with van der Waals surface area (Å²) >= 11 is 0. The van der Waals surface area contributed by atoms with E-state index in [1.165, 1.54) is 0 Å². The maximum Gasteiger partial charge on any atom is 0.226 e. The number of aromatic nitrogens is 1. The fourth-order valence-electron chi connectivity index (χ4n) is 2.35. The van der Waals surface area contributed by atoms with Gasteiger partial charge in [-0.15, -0.1) is 0 Å². The van der Waals surface area contributed by atoms with Crippen LogP contribution in [-0.2, 0) is 6.54 Å². The third kappa shape index (κ3) is 3.35. The summed E-state index contributed by atoms with van der Waals surface area (Å²) < 4.78 is 5.57. The lowest BCUT2D eigenvalue weighted by atomic mass is 10.2. The Balaban J connectivity index is 1.78. The zero-order valence-electron chi connectivity index (χ0n) is 12.2. The Morgan fingerprint density at radius 3 is 2.32 bits per heavy atom. The molecule has 1 aromatic heterocycles. The molecule has 3 aromatic rings. The fourth-order valence-corrected chi connectivity index (χ4v) is 2.35. The molecule has 0 bridgehead atoms. The van der Waals surface area contributed by atoms with Gasteiger partial charge in [0.25, 0.3) is 0 Å². The van der Waals surface area contributed by atoms with Gasteiger partial charge in [0.2, 0.25) is 5.89 Å². The lowest BCUT2D eigenvalue weighted by Gasteiger charge is -2.22. The van der Waals surface area contributed by atoms with Crippen molar-refractivity contribution in [2.75, 3.05) is 18.1 Å². The second-order valence-electron chi connectivity index (χ2n) is 4.99. The van der Waals surface area contributed by atoms with Crippen molar-refractivity contribution in [3.05, 3.63) is 72.6 Å². The first-order valence-corrected chi connectivity index (χ1v) is 7.27. The Morgan fingerprint density at radius 2 is 1.64 bits per heavy atom. The van der Waals surface area contributed by atoms with Crippen molar-refractivity contribution in [2.45, 2.75) is 6.54 Å². The Labute approximate surface area is 129 Å². The van der Waals surface area contributed by atoms with Crippen molar-refractivity contribution < 1.29 is 9.52 Å². The van der Waals surface area contributed by atoms with Crippen LogP contribution in [-0.4, -0.2) is 23.2 Å². The van der Waals surface area contributed by atoms with Crippen molar-refractivity contribution >= 4 is 5.69 Å². The molecule has 0 aliphatic carbocycles. The van der Waals surface area contributed by atoms with Gasteiger partial charge in [0, 0.05) is 17.8 Å². The Bertz CT molecular complexity index is 695. The molecule has 0 unspecified atom stereocenters. The summed E-state index contributed by atoms with van der Waals surface area (Å²) in [6, 6.07) is 19.8. The van der Waals surface area contributed by atoms with Gasteiger partial charge in [0.15, 0.2) is 0 Å². The molecule has 1 heterocycles. The molecule has 112 valence electrons. The highest BCUT2D eigenvalue weighted by atomic mass is 16.3. The SMILES string of the molecule is OCCN(Cc1coc(-c2ccccc2)n1)c1ccccc1. The number of hydrogen-bond acceptors (Lipinski definition) is 4. The van der Waals surface area contributed by atoms with E-state index < -0.39 is 0 Å². The fraction of sp³-hybridized carbons (Fsp3) is 0.167. The largest absolute Gasteiger partial charge is 0.444 e. The van der Waals surface area contributed by atoms with E-state index in [4.69, 9.17) is 4.42 Å². The molecule has 3 rings (SSSR count). The molecule has 0 aliphatic heterocycles. The summed E-state index contributed by atoms with van der Waals surface area (Å²) in [5.74, 6) is 0.618. The summed E-state index contributed by atoms with van der Waals surface area (Å²) in [6.07, 6.45) is 1.68. The van der Waals surface area contributed by atoms with Crippen LogP contribution in [0.25, 0.3) is 11.5 Å². The predicted octanol–water partition coefficient (Wildman–Crippen LogP) is 3.34. The molecular formula is C18H18N2O2. The highest BCUT2D eigenvalue weighted by Crippen LogP contribution is 2.20. The number of aliphatic hydroxyl groups is 1. The molecule has 0 spiro atoms. The van der Waals surface area contributed by atoms with Crippen LogP contribution in [0.2, 0.25) is 0 Å². The first-order valence-electron chi connectivity index (χ1n) is 7.27. The van der Waals surface area contributed by atoms with Crippen LogP contribution in [0, 0.1) is 0 Å². The maximum absolute atomic E-state index is 9.27. The minimum atomic E-state index is 0.0955. The normalized spacial score (nSPS) is 10.6. The van der Waals surface area contributed by atoms with Crippen molar-refractivity contribution in [3.63, 3.8) is 0 Å². The Morgan fingerprint density at radius 1 is 0.955 bits per heavy atom. The summed E-state index contributed by atoms with van der Waals surface area (Å²) in [6.45, 7) is 1.25. The van der Waals surface area contributed by atoms with Gasteiger partial charge in [-0.25, -0.2) is 4.98 Å². The minimum absolute atomic E-state index is 0.0955. The molecule has 0 saturated heterocycles. The average Bonchev–Trinajstić information content (AvgIpc) is 3.05. The summed E-state index contributed by atoms with van der Waals surface area (Å²) in [4.78, 5) is 6.61. The smallest absolute Gasteiger partial charge is 0.226 e. The van der Waals surface area contributed by atoms with Crippen molar-refractivity contribution in [2.24, 2.45) is 0 Å². The van der Waals surface area contributed by atoms with Crippen LogP contribution < -0.4 is 4.90 Å². The van der Waals surface area contributed by atoms with Gasteiger partial charge in [-0.3, -0.25) is 0 Å². The van der Waals surface area contributed by atoms with Crippen LogP contribution in [0.1, 0.15) is 5.69 Å². The number of benzene rings is 2. The molecule has 22 heavy (non-hydrogen) atoms. The van der Waals surface area contributed by atoms with E-state index in [9.17, 15) is 5.11 Å². The first-order chi connectivity index (χ1) is 10.9. The number of para-hydroxylation sites is 1. The van der Waals surface area contributed by atoms with Crippen LogP contribution in [0.3, 0.4) is 0 Å². The second-order valence-corrected chi connectivity index (χ2v) is 4.99. The van der Waals surface area contributed by atoms with Crippen LogP contribution >= 0.6 is 0 Å². The third-order valence-electron chi connectivity index (χ3n) is 3.42. The molecule has 0 aliphatic rings. The van der Waals surface area contributed by atoms with E-state index in [2.05, 4.69) is 9.88 Å². The second kappa shape index (κ2) is 6.91. The predicted molar refractivity (Wildman–Crippen MR) is 86.5 cm³/mol. The third-order valence-corrected chi connectivity index (χ3v) is 3.42. The number of hydrogen-bond donors (Lipinski definition) is 1. The van der Waals surface area contributed by atoms with Crippen LogP contribution in [0.15, 0.2) is 71.3 Å². The molecule has 4 nitrogen and oxygen atoms in total. The highest BCUT2D eigenvalue weighted by Gasteiger charge is 2.11. The average molecular weight is 294 g/mol. The summed E-state index contributed by atoms with van der Waals surface area (Å²) in [5.41, 5.74) is 2.86. The van der Waals surface area contributed by atoms with E-state index in [1.54, 1.807) is 6.26 Å². The lowest BCUT2D eigenvalue weighted by molar-refractivity contribution is 0.301. The van der Waals surface area contributed by atoms with Gasteiger partial charge in [-0.05, 0) is 24.3 Å². The molecule has 0 atom stereocenters. The van der Waals surface area contributed by atoms with Crippen LogP contribution in [0.4, 0.5) is 5.69 Å². The van der Waals surface area contributed by atoms with E-state index in [1.807, 2.05) is 60.7 Å². The summed E-state index contributed by atoms with van der Waals surface area (Å²) in [5, 5.41) is 9.27. The van der Waals surface area contributed by atoms with E-state index in [0.29, 0.717) is 19.0 Å². The van der Waals surface area contributed by atoms with Gasteiger partial charge >= 0.3 is 0 Å². The number of aliphatic hydroxyl groups excluding tert-OH is 1. The molecule has 4 heteroatoms. The zero-order chi connectivity index (χ0) is 15.2. The highest BCUT2D eigenvalue weighted by molar-refractivity contribution is 5.53. The van der Waals surface area contributed by atoms with Crippen molar-refractivity contribution in [1.82, 2.24) is 4.98 Å². The number of nitrogens with zero attached hydrogens (tertiary/aromatic N) is 2. The number of anilines is 1. The number of oxazole rings is 1. The zero-order valence-corrected chi connectivity index (χ0v) is 12.2. The Hall–Kier alpha value is -2.59. The molecule has 1 N–H and O–H groups in total. The molecule has 2 aromatic carbocycles. The lowest BCUT2D eigenvalue weighted by Crippen LogP contribution is -2.26. The molecule has 0 saturated carbocycles. The van der Waals surface area contributed by atoms with Gasteiger partial charge < -0.3 is 14.4 Å². The molecular weight excluding hydrogens is 276 g/mol. The van der Waals surface area contributed by atoms with Gasteiger partial charge in [0.1, 0.15) is 6.26 Å². The minimum Gasteiger partial charge on any atom is -0.444 e. The molecule has 0 fully saturated rings. The monoisotopic (exact) mass is 294 g/mol. The molecule has 0 amide bonds. The van der Waals surface area contributed by atoms with Crippen LogP contribution in [0.5, 0.6) is 0 Å². The number of rotatable bonds is 6. The van der Waals surface area contributed by atoms with Gasteiger partial charge in [0.05, 0.1) is 18.8 Å². The van der Waals surface area contributed by atoms with E-state index >= 15 is 0 Å². The Kier molecular flexibility index (Phi) is 4.51. The maximum atomic E-state index is 9.27.